The van der Waals surface area contributed by atoms with Crippen molar-refractivity contribution in [2.24, 2.45) is 10.4 Å². The van der Waals surface area contributed by atoms with Crippen LogP contribution in [0.3, 0.4) is 0 Å². The van der Waals surface area contributed by atoms with Crippen molar-refractivity contribution in [1.29, 1.82) is 0 Å². The van der Waals surface area contributed by atoms with Gasteiger partial charge in [0.25, 0.3) is 0 Å². The van der Waals surface area contributed by atoms with E-state index in [1.54, 1.807) is 18.4 Å². The second-order valence-electron chi connectivity index (χ2n) is 6.71. The molecule has 0 amide bonds. The molecule has 24 heavy (non-hydrogen) atoms. The van der Waals surface area contributed by atoms with Crippen molar-refractivity contribution in [2.45, 2.75) is 52.0 Å². The standard InChI is InChI=1S/C17H30N4OS.HI/c1-13(2)15-21-14(11-23-15)10-19-16(18-3)20-12-17(6-5-7-17)8-9-22-4;/h11,13H,5-10,12H2,1-4H3,(H2,18,19,20);1H. The molecule has 1 heterocycles. The molecule has 5 nitrogen and oxygen atoms in total. The van der Waals surface area contributed by atoms with E-state index in [0.29, 0.717) is 17.9 Å². The monoisotopic (exact) mass is 466 g/mol. The Kier molecular flexibility index (Phi) is 9.51. The van der Waals surface area contributed by atoms with Gasteiger partial charge in [-0.1, -0.05) is 20.3 Å². The van der Waals surface area contributed by atoms with Crippen LogP contribution >= 0.6 is 35.3 Å². The van der Waals surface area contributed by atoms with Crippen molar-refractivity contribution in [3.63, 3.8) is 0 Å². The van der Waals surface area contributed by atoms with Gasteiger partial charge in [-0.3, -0.25) is 4.99 Å². The number of aromatic nitrogens is 1. The van der Waals surface area contributed by atoms with Crippen LogP contribution in [-0.4, -0.2) is 38.3 Å². The molecule has 0 bridgehead atoms. The minimum absolute atomic E-state index is 0. The number of rotatable bonds is 8. The number of ether oxygens (including phenoxy) is 1. The highest BCUT2D eigenvalue weighted by Crippen LogP contribution is 2.43. The average Bonchev–Trinajstić information content (AvgIpc) is 2.98. The predicted octanol–water partition coefficient (Wildman–Crippen LogP) is 3.76. The van der Waals surface area contributed by atoms with E-state index in [2.05, 4.69) is 39.8 Å². The third kappa shape index (κ3) is 6.15. The number of nitrogens with one attached hydrogen (secondary N) is 2. The maximum atomic E-state index is 5.25. The average molecular weight is 466 g/mol. The Bertz CT molecular complexity index is 514. The summed E-state index contributed by atoms with van der Waals surface area (Å²) in [5, 5.41) is 10.2. The Morgan fingerprint density at radius 3 is 2.67 bits per heavy atom. The maximum Gasteiger partial charge on any atom is 0.191 e. The highest BCUT2D eigenvalue weighted by molar-refractivity contribution is 14.0. The van der Waals surface area contributed by atoms with Gasteiger partial charge in [0.1, 0.15) is 0 Å². The summed E-state index contributed by atoms with van der Waals surface area (Å²) in [6.07, 6.45) is 5.01. The highest BCUT2D eigenvalue weighted by atomic mass is 127. The molecular weight excluding hydrogens is 435 g/mol. The van der Waals surface area contributed by atoms with Crippen LogP contribution in [0.25, 0.3) is 0 Å². The zero-order chi connectivity index (χ0) is 16.7. The third-order valence-electron chi connectivity index (χ3n) is 4.61. The minimum atomic E-state index is 0. The fourth-order valence-electron chi connectivity index (χ4n) is 2.85. The first kappa shape index (κ1) is 21.6. The van der Waals surface area contributed by atoms with Gasteiger partial charge in [-0.2, -0.15) is 0 Å². The van der Waals surface area contributed by atoms with E-state index in [1.165, 1.54) is 24.3 Å². The Labute approximate surface area is 167 Å². The Morgan fingerprint density at radius 2 is 2.17 bits per heavy atom. The van der Waals surface area contributed by atoms with Gasteiger partial charge in [-0.25, -0.2) is 4.98 Å². The van der Waals surface area contributed by atoms with E-state index in [4.69, 9.17) is 4.74 Å². The van der Waals surface area contributed by atoms with Gasteiger partial charge in [0.15, 0.2) is 5.96 Å². The van der Waals surface area contributed by atoms with Crippen LogP contribution in [0.15, 0.2) is 10.4 Å². The van der Waals surface area contributed by atoms with Gasteiger partial charge in [0, 0.05) is 38.6 Å². The minimum Gasteiger partial charge on any atom is -0.385 e. The zero-order valence-electron chi connectivity index (χ0n) is 15.2. The van der Waals surface area contributed by atoms with E-state index >= 15 is 0 Å². The second kappa shape index (κ2) is 10.6. The summed E-state index contributed by atoms with van der Waals surface area (Å²) >= 11 is 1.73. The van der Waals surface area contributed by atoms with Gasteiger partial charge in [-0.15, -0.1) is 35.3 Å². The number of hydrogen-bond donors (Lipinski definition) is 2. The highest BCUT2D eigenvalue weighted by Gasteiger charge is 2.36. The lowest BCUT2D eigenvalue weighted by atomic mass is 9.67. The fourth-order valence-corrected chi connectivity index (χ4v) is 3.68. The van der Waals surface area contributed by atoms with E-state index in [9.17, 15) is 0 Å². The summed E-state index contributed by atoms with van der Waals surface area (Å²) in [6, 6.07) is 0. The largest absolute Gasteiger partial charge is 0.385 e. The van der Waals surface area contributed by atoms with Crippen molar-refractivity contribution in [2.75, 3.05) is 27.3 Å². The van der Waals surface area contributed by atoms with E-state index in [-0.39, 0.29) is 24.0 Å². The summed E-state index contributed by atoms with van der Waals surface area (Å²) in [7, 11) is 3.60. The van der Waals surface area contributed by atoms with Crippen molar-refractivity contribution < 1.29 is 4.74 Å². The van der Waals surface area contributed by atoms with Gasteiger partial charge in [-0.05, 0) is 24.7 Å². The molecule has 0 aliphatic heterocycles. The number of methoxy groups -OCH3 is 1. The van der Waals surface area contributed by atoms with Crippen LogP contribution in [0.2, 0.25) is 0 Å². The second-order valence-corrected chi connectivity index (χ2v) is 7.60. The summed E-state index contributed by atoms with van der Waals surface area (Å²) in [5.74, 6) is 1.35. The molecule has 1 aliphatic rings. The van der Waals surface area contributed by atoms with Crippen LogP contribution in [0.4, 0.5) is 0 Å². The lowest BCUT2D eigenvalue weighted by molar-refractivity contribution is 0.0732. The molecule has 1 fully saturated rings. The molecule has 2 rings (SSSR count). The third-order valence-corrected chi connectivity index (χ3v) is 5.80. The van der Waals surface area contributed by atoms with Crippen molar-refractivity contribution in [3.05, 3.63) is 16.1 Å². The maximum absolute atomic E-state index is 5.25. The van der Waals surface area contributed by atoms with Gasteiger partial charge in [0.05, 0.1) is 17.2 Å². The van der Waals surface area contributed by atoms with Crippen LogP contribution in [0.5, 0.6) is 0 Å². The molecule has 0 atom stereocenters. The van der Waals surface area contributed by atoms with Crippen molar-refractivity contribution in [1.82, 2.24) is 15.6 Å². The molecule has 2 N–H and O–H groups in total. The molecule has 1 saturated carbocycles. The molecule has 138 valence electrons. The first-order chi connectivity index (χ1) is 11.1. The number of halogens is 1. The van der Waals surface area contributed by atoms with Crippen molar-refractivity contribution in [3.8, 4) is 0 Å². The van der Waals surface area contributed by atoms with E-state index in [0.717, 1.165) is 31.2 Å². The Morgan fingerprint density at radius 1 is 1.42 bits per heavy atom. The number of hydrogen-bond acceptors (Lipinski definition) is 4. The van der Waals surface area contributed by atoms with E-state index in [1.807, 2.05) is 7.05 Å². The first-order valence-corrected chi connectivity index (χ1v) is 9.34. The quantitative estimate of drug-likeness (QED) is 0.348. The Balaban J connectivity index is 0.00000288. The van der Waals surface area contributed by atoms with Gasteiger partial charge < -0.3 is 15.4 Å². The molecule has 7 heteroatoms. The molecule has 1 aliphatic carbocycles. The number of guanidine groups is 1. The lowest BCUT2D eigenvalue weighted by Crippen LogP contribution is -2.46. The van der Waals surface area contributed by atoms with E-state index < -0.39 is 0 Å². The Hall–Kier alpha value is -0.410. The number of thiazole rings is 1. The van der Waals surface area contributed by atoms with Crippen LogP contribution in [0, 0.1) is 5.41 Å². The van der Waals surface area contributed by atoms with Crippen LogP contribution in [0.1, 0.15) is 56.2 Å². The molecule has 1 aromatic heterocycles. The molecule has 0 aromatic carbocycles. The zero-order valence-corrected chi connectivity index (χ0v) is 18.4. The topological polar surface area (TPSA) is 58.5 Å². The van der Waals surface area contributed by atoms with Gasteiger partial charge >= 0.3 is 0 Å². The number of nitrogens with zero attached hydrogens (tertiary/aromatic N) is 2. The van der Waals surface area contributed by atoms with Gasteiger partial charge in [0.2, 0.25) is 0 Å². The summed E-state index contributed by atoms with van der Waals surface area (Å²) in [4.78, 5) is 8.98. The molecule has 0 saturated heterocycles. The smallest absolute Gasteiger partial charge is 0.191 e. The summed E-state index contributed by atoms with van der Waals surface area (Å²) < 4.78 is 5.25. The van der Waals surface area contributed by atoms with Crippen LogP contribution < -0.4 is 10.6 Å². The molecular formula is C17H31IN4OS. The normalized spacial score (nSPS) is 16.5. The summed E-state index contributed by atoms with van der Waals surface area (Å²) in [5.41, 5.74) is 1.47. The number of aliphatic imine (C=N–C) groups is 1. The fraction of sp³-hybridized carbons (Fsp3) is 0.765. The van der Waals surface area contributed by atoms with Crippen LogP contribution in [-0.2, 0) is 11.3 Å². The SMILES string of the molecule is CN=C(NCc1csc(C(C)C)n1)NCC1(CCOC)CCC1.I. The molecule has 0 spiro atoms. The molecule has 1 aromatic rings. The predicted molar refractivity (Wildman–Crippen MR) is 113 cm³/mol. The first-order valence-electron chi connectivity index (χ1n) is 8.46. The van der Waals surface area contributed by atoms with Crippen molar-refractivity contribution >= 4 is 41.3 Å². The lowest BCUT2D eigenvalue weighted by Gasteiger charge is -2.42. The summed E-state index contributed by atoms with van der Waals surface area (Å²) in [6.45, 7) is 6.87. The molecule has 0 unspecified atom stereocenters. The molecule has 0 radical (unpaired) electrons.